The van der Waals surface area contributed by atoms with Crippen molar-refractivity contribution >= 4 is 28.7 Å². The summed E-state index contributed by atoms with van der Waals surface area (Å²) in [5.41, 5.74) is 1.02. The lowest BCUT2D eigenvalue weighted by molar-refractivity contribution is -0.147. The van der Waals surface area contributed by atoms with Crippen LogP contribution < -0.4 is 10.6 Å². The zero-order valence-electron chi connectivity index (χ0n) is 15.3. The Bertz CT molecular complexity index is 818. The number of aliphatic hydroxyl groups is 1. The first kappa shape index (κ1) is 19.0. The van der Waals surface area contributed by atoms with E-state index in [1.54, 1.807) is 18.3 Å². The highest BCUT2D eigenvalue weighted by Crippen LogP contribution is 2.24. The predicted molar refractivity (Wildman–Crippen MR) is 100 cm³/mol. The standard InChI is InChI=1S/C19H24N4O4/c1-12(25)27-15-7-5-14(6-8-15)22-19-21-11-13-3-2-4-16(17(13)23-19)18(26)20-9-10-24/h2-4,11,14-15,24H,5-10H2,1H3,(H,20,26)(H,21,22,23). The molecule has 3 rings (SSSR count). The number of nitrogens with one attached hydrogen (secondary N) is 2. The second-order valence-electron chi connectivity index (χ2n) is 6.64. The van der Waals surface area contributed by atoms with Gasteiger partial charge in [-0.3, -0.25) is 9.59 Å². The van der Waals surface area contributed by atoms with E-state index < -0.39 is 0 Å². The maximum Gasteiger partial charge on any atom is 0.302 e. The van der Waals surface area contributed by atoms with Crippen LogP contribution in [-0.2, 0) is 9.53 Å². The summed E-state index contributed by atoms with van der Waals surface area (Å²) in [5, 5.41) is 15.6. The molecule has 27 heavy (non-hydrogen) atoms. The first-order valence-electron chi connectivity index (χ1n) is 9.15. The van der Waals surface area contributed by atoms with Gasteiger partial charge in [-0.2, -0.15) is 0 Å². The van der Waals surface area contributed by atoms with Gasteiger partial charge in [0.25, 0.3) is 5.91 Å². The molecule has 1 aromatic carbocycles. The lowest BCUT2D eigenvalue weighted by atomic mass is 9.93. The molecule has 1 fully saturated rings. The molecule has 0 aliphatic heterocycles. The maximum atomic E-state index is 12.3. The van der Waals surface area contributed by atoms with Crippen LogP contribution in [0.1, 0.15) is 43.0 Å². The van der Waals surface area contributed by atoms with Crippen LogP contribution >= 0.6 is 0 Å². The number of benzene rings is 1. The van der Waals surface area contributed by atoms with Crippen molar-refractivity contribution in [1.29, 1.82) is 0 Å². The van der Waals surface area contributed by atoms with Gasteiger partial charge < -0.3 is 20.5 Å². The van der Waals surface area contributed by atoms with Gasteiger partial charge in [0.05, 0.1) is 17.7 Å². The molecule has 0 spiro atoms. The SMILES string of the molecule is CC(=O)OC1CCC(Nc2ncc3cccc(C(=O)NCCO)c3n2)CC1. The van der Waals surface area contributed by atoms with Crippen molar-refractivity contribution in [2.24, 2.45) is 0 Å². The van der Waals surface area contributed by atoms with Crippen LogP contribution in [0, 0.1) is 0 Å². The third-order valence-electron chi connectivity index (χ3n) is 4.59. The Morgan fingerprint density at radius 1 is 1.26 bits per heavy atom. The van der Waals surface area contributed by atoms with Crippen LogP contribution in [0.25, 0.3) is 10.9 Å². The highest BCUT2D eigenvalue weighted by atomic mass is 16.5. The van der Waals surface area contributed by atoms with Gasteiger partial charge in [-0.25, -0.2) is 9.97 Å². The van der Waals surface area contributed by atoms with Crippen LogP contribution in [0.3, 0.4) is 0 Å². The van der Waals surface area contributed by atoms with Crippen molar-refractivity contribution in [2.45, 2.75) is 44.8 Å². The Kier molecular flexibility index (Phi) is 6.18. The number of anilines is 1. The molecule has 1 aromatic heterocycles. The van der Waals surface area contributed by atoms with Crippen LogP contribution in [-0.4, -0.2) is 52.2 Å². The molecule has 1 aliphatic carbocycles. The monoisotopic (exact) mass is 372 g/mol. The fourth-order valence-corrected chi connectivity index (χ4v) is 3.32. The maximum absolute atomic E-state index is 12.3. The van der Waals surface area contributed by atoms with Crippen molar-refractivity contribution < 1.29 is 19.4 Å². The number of aliphatic hydroxyl groups excluding tert-OH is 1. The lowest BCUT2D eigenvalue weighted by Gasteiger charge is -2.28. The number of rotatable bonds is 6. The number of fused-ring (bicyclic) bond motifs is 1. The highest BCUT2D eigenvalue weighted by molar-refractivity contribution is 6.05. The molecular formula is C19H24N4O4. The number of hydrogen-bond acceptors (Lipinski definition) is 7. The molecule has 0 bridgehead atoms. The van der Waals surface area contributed by atoms with Crippen LogP contribution in [0.15, 0.2) is 24.4 Å². The van der Waals surface area contributed by atoms with Gasteiger partial charge in [0.1, 0.15) is 6.10 Å². The average molecular weight is 372 g/mol. The molecule has 8 nitrogen and oxygen atoms in total. The average Bonchev–Trinajstić information content (AvgIpc) is 2.66. The largest absolute Gasteiger partial charge is 0.463 e. The minimum absolute atomic E-state index is 0.0140. The fraction of sp³-hybridized carbons (Fsp3) is 0.474. The van der Waals surface area contributed by atoms with Crippen molar-refractivity contribution in [3.63, 3.8) is 0 Å². The molecule has 1 aliphatic rings. The molecular weight excluding hydrogens is 348 g/mol. The Hall–Kier alpha value is -2.74. The van der Waals surface area contributed by atoms with Gasteiger partial charge in [0.15, 0.2) is 0 Å². The third-order valence-corrected chi connectivity index (χ3v) is 4.59. The van der Waals surface area contributed by atoms with Gasteiger partial charge in [-0.05, 0) is 31.7 Å². The summed E-state index contributed by atoms with van der Waals surface area (Å²) in [7, 11) is 0. The van der Waals surface area contributed by atoms with Crippen molar-refractivity contribution in [3.8, 4) is 0 Å². The molecule has 144 valence electrons. The Balaban J connectivity index is 1.71. The van der Waals surface area contributed by atoms with Gasteiger partial charge in [-0.15, -0.1) is 0 Å². The number of hydrogen-bond donors (Lipinski definition) is 3. The van der Waals surface area contributed by atoms with Crippen molar-refractivity contribution in [2.75, 3.05) is 18.5 Å². The molecule has 3 N–H and O–H groups in total. The second kappa shape index (κ2) is 8.77. The van der Waals surface area contributed by atoms with E-state index in [2.05, 4.69) is 20.6 Å². The number of carbonyl (C=O) groups is 2. The molecule has 1 saturated carbocycles. The highest BCUT2D eigenvalue weighted by Gasteiger charge is 2.23. The third kappa shape index (κ3) is 4.91. The zero-order valence-corrected chi connectivity index (χ0v) is 15.3. The van der Waals surface area contributed by atoms with E-state index in [0.29, 0.717) is 17.0 Å². The predicted octanol–water partition coefficient (Wildman–Crippen LogP) is 1.64. The molecule has 0 saturated heterocycles. The summed E-state index contributed by atoms with van der Waals surface area (Å²) < 4.78 is 5.26. The zero-order chi connectivity index (χ0) is 19.2. The lowest BCUT2D eigenvalue weighted by Crippen LogP contribution is -2.31. The normalized spacial score (nSPS) is 19.5. The van der Waals surface area contributed by atoms with Crippen molar-refractivity contribution in [3.05, 3.63) is 30.0 Å². The summed E-state index contributed by atoms with van der Waals surface area (Å²) in [6.07, 6.45) is 5.01. The van der Waals surface area contributed by atoms with Gasteiger partial charge in [0, 0.05) is 31.1 Å². The number of nitrogens with zero attached hydrogens (tertiary/aromatic N) is 2. The number of carbonyl (C=O) groups excluding carboxylic acids is 2. The minimum Gasteiger partial charge on any atom is -0.463 e. The van der Waals surface area contributed by atoms with E-state index >= 15 is 0 Å². The second-order valence-corrected chi connectivity index (χ2v) is 6.64. The Labute approximate surface area is 157 Å². The fourth-order valence-electron chi connectivity index (χ4n) is 3.32. The first-order chi connectivity index (χ1) is 13.1. The molecule has 1 heterocycles. The topological polar surface area (TPSA) is 113 Å². The van der Waals surface area contributed by atoms with E-state index in [1.807, 2.05) is 6.07 Å². The molecule has 8 heteroatoms. The summed E-state index contributed by atoms with van der Waals surface area (Å²) in [4.78, 5) is 32.2. The van der Waals surface area contributed by atoms with E-state index in [9.17, 15) is 9.59 Å². The molecule has 0 atom stereocenters. The number of esters is 1. The number of para-hydroxylation sites is 1. The Morgan fingerprint density at radius 3 is 2.74 bits per heavy atom. The number of amides is 1. The number of aromatic nitrogens is 2. The van der Waals surface area contributed by atoms with Crippen LogP contribution in [0.5, 0.6) is 0 Å². The van der Waals surface area contributed by atoms with E-state index in [4.69, 9.17) is 9.84 Å². The molecule has 0 radical (unpaired) electrons. The Morgan fingerprint density at radius 2 is 2.04 bits per heavy atom. The van der Waals surface area contributed by atoms with Gasteiger partial charge in [-0.1, -0.05) is 12.1 Å². The van der Waals surface area contributed by atoms with E-state index in [-0.39, 0.29) is 37.2 Å². The first-order valence-corrected chi connectivity index (χ1v) is 9.15. The minimum atomic E-state index is -0.277. The van der Waals surface area contributed by atoms with Gasteiger partial charge in [0.2, 0.25) is 5.95 Å². The van der Waals surface area contributed by atoms with Crippen LogP contribution in [0.2, 0.25) is 0 Å². The number of ether oxygens (including phenoxy) is 1. The van der Waals surface area contributed by atoms with Crippen molar-refractivity contribution in [1.82, 2.24) is 15.3 Å². The van der Waals surface area contributed by atoms with Gasteiger partial charge >= 0.3 is 5.97 Å². The van der Waals surface area contributed by atoms with E-state index in [0.717, 1.165) is 31.1 Å². The summed E-state index contributed by atoms with van der Waals surface area (Å²) in [6, 6.07) is 5.54. The molecule has 2 aromatic rings. The summed E-state index contributed by atoms with van der Waals surface area (Å²) in [6.45, 7) is 1.51. The quantitative estimate of drug-likeness (QED) is 0.661. The molecule has 0 unspecified atom stereocenters. The summed E-state index contributed by atoms with van der Waals surface area (Å²) in [5.74, 6) is -0.0432. The summed E-state index contributed by atoms with van der Waals surface area (Å²) >= 11 is 0. The van der Waals surface area contributed by atoms with E-state index in [1.165, 1.54) is 6.92 Å². The molecule has 1 amide bonds. The smallest absolute Gasteiger partial charge is 0.302 e. The van der Waals surface area contributed by atoms with Crippen LogP contribution in [0.4, 0.5) is 5.95 Å².